The molecule has 3 N–H and O–H groups in total. The van der Waals surface area contributed by atoms with Crippen LogP contribution in [0.3, 0.4) is 0 Å². The van der Waals surface area contributed by atoms with Crippen molar-refractivity contribution in [3.05, 3.63) is 0 Å². The van der Waals surface area contributed by atoms with Crippen LogP contribution in [0.2, 0.25) is 0 Å². The standard InChI is InChI=1S/C12H25NO2/c1-10(2)11(3,15)8-13-9-12(4-5-12)6-7-14/h10,13-15H,4-9H2,1-3H3. The van der Waals surface area contributed by atoms with Crippen molar-refractivity contribution >= 4 is 0 Å². The van der Waals surface area contributed by atoms with Gasteiger partial charge in [0.15, 0.2) is 0 Å². The summed E-state index contributed by atoms with van der Waals surface area (Å²) in [5.41, 5.74) is -0.295. The SMILES string of the molecule is CC(C)C(C)(O)CNCC1(CCO)CC1. The molecule has 1 saturated carbocycles. The van der Waals surface area contributed by atoms with E-state index in [1.54, 1.807) is 0 Å². The van der Waals surface area contributed by atoms with Crippen LogP contribution < -0.4 is 5.32 Å². The molecule has 1 rings (SSSR count). The smallest absolute Gasteiger partial charge is 0.0766 e. The zero-order chi connectivity index (χ0) is 11.5. The van der Waals surface area contributed by atoms with E-state index < -0.39 is 5.60 Å². The molecule has 1 unspecified atom stereocenters. The van der Waals surface area contributed by atoms with Crippen LogP contribution >= 0.6 is 0 Å². The highest BCUT2D eigenvalue weighted by atomic mass is 16.3. The van der Waals surface area contributed by atoms with Crippen LogP contribution in [0.1, 0.15) is 40.0 Å². The molecule has 90 valence electrons. The minimum absolute atomic E-state index is 0.262. The zero-order valence-electron chi connectivity index (χ0n) is 10.2. The lowest BCUT2D eigenvalue weighted by Gasteiger charge is -2.29. The Morgan fingerprint density at radius 3 is 2.40 bits per heavy atom. The van der Waals surface area contributed by atoms with E-state index >= 15 is 0 Å². The summed E-state index contributed by atoms with van der Waals surface area (Å²) in [5, 5.41) is 22.3. The fourth-order valence-electron chi connectivity index (χ4n) is 1.71. The monoisotopic (exact) mass is 215 g/mol. The van der Waals surface area contributed by atoms with Gasteiger partial charge in [0.05, 0.1) is 5.60 Å². The predicted molar refractivity (Wildman–Crippen MR) is 61.7 cm³/mol. The lowest BCUT2D eigenvalue weighted by atomic mass is 9.92. The first-order valence-electron chi connectivity index (χ1n) is 5.96. The number of hydrogen-bond acceptors (Lipinski definition) is 3. The van der Waals surface area contributed by atoms with Crippen LogP contribution in [0.4, 0.5) is 0 Å². The van der Waals surface area contributed by atoms with Crippen LogP contribution in [-0.2, 0) is 0 Å². The summed E-state index contributed by atoms with van der Waals surface area (Å²) in [5.74, 6) is 0.262. The summed E-state index contributed by atoms with van der Waals surface area (Å²) in [7, 11) is 0. The van der Waals surface area contributed by atoms with E-state index in [4.69, 9.17) is 5.11 Å². The topological polar surface area (TPSA) is 52.5 Å². The fraction of sp³-hybridized carbons (Fsp3) is 1.00. The van der Waals surface area contributed by atoms with Gasteiger partial charge in [-0.15, -0.1) is 0 Å². The molecular formula is C12H25NO2. The van der Waals surface area contributed by atoms with E-state index in [0.29, 0.717) is 12.0 Å². The number of aliphatic hydroxyl groups is 2. The average molecular weight is 215 g/mol. The number of rotatable bonds is 7. The lowest BCUT2D eigenvalue weighted by Crippen LogP contribution is -2.43. The Kier molecular flexibility index (Phi) is 4.15. The van der Waals surface area contributed by atoms with E-state index in [-0.39, 0.29) is 12.5 Å². The molecule has 0 saturated heterocycles. The highest BCUT2D eigenvalue weighted by molar-refractivity contribution is 4.95. The van der Waals surface area contributed by atoms with Gasteiger partial charge in [-0.3, -0.25) is 0 Å². The van der Waals surface area contributed by atoms with E-state index in [9.17, 15) is 5.11 Å². The maximum absolute atomic E-state index is 10.0. The molecule has 0 aliphatic heterocycles. The second-order valence-electron chi connectivity index (χ2n) is 5.59. The molecule has 0 aromatic rings. The first-order valence-corrected chi connectivity index (χ1v) is 5.96. The molecule has 0 radical (unpaired) electrons. The summed E-state index contributed by atoms with van der Waals surface area (Å²) in [6, 6.07) is 0. The predicted octanol–water partition coefficient (Wildman–Crippen LogP) is 1.15. The number of nitrogens with one attached hydrogen (secondary N) is 1. The maximum Gasteiger partial charge on any atom is 0.0766 e. The Morgan fingerprint density at radius 2 is 2.00 bits per heavy atom. The molecule has 15 heavy (non-hydrogen) atoms. The molecule has 1 fully saturated rings. The lowest BCUT2D eigenvalue weighted by molar-refractivity contribution is 0.0131. The van der Waals surface area contributed by atoms with Crippen LogP contribution in [0.25, 0.3) is 0 Å². The van der Waals surface area contributed by atoms with Crippen molar-refractivity contribution in [3.8, 4) is 0 Å². The molecule has 3 heteroatoms. The summed E-state index contributed by atoms with van der Waals surface area (Å²) >= 11 is 0. The maximum atomic E-state index is 10.0. The normalized spacial score (nSPS) is 22.8. The van der Waals surface area contributed by atoms with Crippen molar-refractivity contribution in [1.29, 1.82) is 0 Å². The molecule has 0 aromatic carbocycles. The minimum Gasteiger partial charge on any atom is -0.396 e. The summed E-state index contributed by atoms with van der Waals surface area (Å²) in [6.07, 6.45) is 3.32. The molecular weight excluding hydrogens is 190 g/mol. The Bertz CT molecular complexity index is 198. The summed E-state index contributed by atoms with van der Waals surface area (Å²) in [6.45, 7) is 7.78. The Hall–Kier alpha value is -0.120. The van der Waals surface area contributed by atoms with Gasteiger partial charge in [-0.2, -0.15) is 0 Å². The number of aliphatic hydroxyl groups excluding tert-OH is 1. The summed E-state index contributed by atoms with van der Waals surface area (Å²) in [4.78, 5) is 0. The fourth-order valence-corrected chi connectivity index (χ4v) is 1.71. The average Bonchev–Trinajstić information content (AvgIpc) is 2.85. The molecule has 0 heterocycles. The third-order valence-electron chi connectivity index (χ3n) is 3.83. The van der Waals surface area contributed by atoms with Gasteiger partial charge in [0.25, 0.3) is 0 Å². The van der Waals surface area contributed by atoms with Crippen molar-refractivity contribution in [2.45, 2.75) is 45.6 Å². The van der Waals surface area contributed by atoms with Gasteiger partial charge in [0.1, 0.15) is 0 Å². The van der Waals surface area contributed by atoms with Crippen molar-refractivity contribution in [1.82, 2.24) is 5.32 Å². The zero-order valence-corrected chi connectivity index (χ0v) is 10.2. The van der Waals surface area contributed by atoms with Gasteiger partial charge < -0.3 is 15.5 Å². The molecule has 1 aliphatic carbocycles. The highest BCUT2D eigenvalue weighted by Crippen LogP contribution is 2.47. The Labute approximate surface area is 92.9 Å². The van der Waals surface area contributed by atoms with Crippen molar-refractivity contribution < 1.29 is 10.2 Å². The van der Waals surface area contributed by atoms with E-state index in [1.165, 1.54) is 12.8 Å². The third-order valence-corrected chi connectivity index (χ3v) is 3.83. The van der Waals surface area contributed by atoms with Gasteiger partial charge in [-0.1, -0.05) is 13.8 Å². The highest BCUT2D eigenvalue weighted by Gasteiger charge is 2.41. The second kappa shape index (κ2) is 4.81. The number of hydrogen-bond donors (Lipinski definition) is 3. The van der Waals surface area contributed by atoms with Crippen LogP contribution in [0, 0.1) is 11.3 Å². The van der Waals surface area contributed by atoms with Gasteiger partial charge >= 0.3 is 0 Å². The molecule has 3 nitrogen and oxygen atoms in total. The molecule has 1 aliphatic rings. The van der Waals surface area contributed by atoms with Gasteiger partial charge in [0, 0.05) is 19.7 Å². The van der Waals surface area contributed by atoms with Crippen LogP contribution in [0.5, 0.6) is 0 Å². The Balaban J connectivity index is 2.21. The van der Waals surface area contributed by atoms with Crippen LogP contribution in [0.15, 0.2) is 0 Å². The van der Waals surface area contributed by atoms with E-state index in [2.05, 4.69) is 5.32 Å². The molecule has 1 atom stereocenters. The first-order chi connectivity index (χ1) is 6.92. The quantitative estimate of drug-likeness (QED) is 0.597. The van der Waals surface area contributed by atoms with Gasteiger partial charge in [-0.05, 0) is 37.5 Å². The molecule has 0 bridgehead atoms. The molecule has 0 spiro atoms. The van der Waals surface area contributed by atoms with Gasteiger partial charge in [-0.25, -0.2) is 0 Å². The van der Waals surface area contributed by atoms with Crippen LogP contribution in [-0.4, -0.2) is 35.5 Å². The van der Waals surface area contributed by atoms with Crippen molar-refractivity contribution in [2.75, 3.05) is 19.7 Å². The first kappa shape index (κ1) is 12.9. The largest absolute Gasteiger partial charge is 0.396 e. The van der Waals surface area contributed by atoms with Crippen molar-refractivity contribution in [2.24, 2.45) is 11.3 Å². The second-order valence-corrected chi connectivity index (χ2v) is 5.59. The van der Waals surface area contributed by atoms with Crippen molar-refractivity contribution in [3.63, 3.8) is 0 Å². The molecule has 0 amide bonds. The summed E-state index contributed by atoms with van der Waals surface area (Å²) < 4.78 is 0. The van der Waals surface area contributed by atoms with Gasteiger partial charge in [0.2, 0.25) is 0 Å². The minimum atomic E-state index is -0.630. The Morgan fingerprint density at radius 1 is 1.40 bits per heavy atom. The van der Waals surface area contributed by atoms with E-state index in [0.717, 1.165) is 13.0 Å². The van der Waals surface area contributed by atoms with E-state index in [1.807, 2.05) is 20.8 Å². The third kappa shape index (κ3) is 3.74. The molecule has 0 aromatic heterocycles.